The van der Waals surface area contributed by atoms with Gasteiger partial charge < -0.3 is 4.74 Å². The molecular formula is C14H21NO2. The van der Waals surface area contributed by atoms with Gasteiger partial charge in [-0.15, -0.1) is 13.2 Å². The molecule has 1 aliphatic carbocycles. The Labute approximate surface area is 103 Å². The van der Waals surface area contributed by atoms with Crippen molar-refractivity contribution in [3.63, 3.8) is 0 Å². The average molecular weight is 235 g/mol. The molecule has 0 fully saturated rings. The van der Waals surface area contributed by atoms with Crippen LogP contribution in [-0.2, 0) is 9.53 Å². The third-order valence-electron chi connectivity index (χ3n) is 2.81. The molecule has 0 aromatic rings. The number of hydrogen-bond donors (Lipinski definition) is 0. The number of carbonyl (C=O) groups is 1. The Bertz CT molecular complexity index is 299. The van der Waals surface area contributed by atoms with E-state index < -0.39 is 0 Å². The van der Waals surface area contributed by atoms with E-state index in [4.69, 9.17) is 4.74 Å². The molecule has 1 rings (SSSR count). The van der Waals surface area contributed by atoms with Gasteiger partial charge in [-0.2, -0.15) is 0 Å². The maximum Gasteiger partial charge on any atom is 0.303 e. The van der Waals surface area contributed by atoms with Crippen LogP contribution in [0.4, 0.5) is 0 Å². The van der Waals surface area contributed by atoms with Gasteiger partial charge in [-0.3, -0.25) is 9.69 Å². The van der Waals surface area contributed by atoms with Gasteiger partial charge in [0.25, 0.3) is 0 Å². The van der Waals surface area contributed by atoms with Crippen LogP contribution in [0, 0.1) is 0 Å². The van der Waals surface area contributed by atoms with Crippen molar-refractivity contribution in [3.05, 3.63) is 37.5 Å². The lowest BCUT2D eigenvalue weighted by atomic mass is 9.99. The maximum atomic E-state index is 10.8. The molecule has 3 heteroatoms. The standard InChI is InChI=1S/C14H21NO2/c1-4-10-15(11-5-2)13-6-8-14(9-7-13)17-12(3)16/h4-6,8,13-14H,1-2,7,9-11H2,3H3/t13-,14+/m1/s1. The summed E-state index contributed by atoms with van der Waals surface area (Å²) in [6.07, 6.45) is 9.71. The molecule has 94 valence electrons. The molecule has 17 heavy (non-hydrogen) atoms. The Morgan fingerprint density at radius 2 is 2.00 bits per heavy atom. The molecule has 0 heterocycles. The number of ether oxygens (including phenoxy) is 1. The largest absolute Gasteiger partial charge is 0.458 e. The number of carbonyl (C=O) groups excluding carboxylic acids is 1. The summed E-state index contributed by atoms with van der Waals surface area (Å²) < 4.78 is 5.15. The second-order valence-electron chi connectivity index (χ2n) is 4.21. The fourth-order valence-corrected chi connectivity index (χ4v) is 2.07. The highest BCUT2D eigenvalue weighted by Gasteiger charge is 2.21. The summed E-state index contributed by atoms with van der Waals surface area (Å²) in [7, 11) is 0. The van der Waals surface area contributed by atoms with Gasteiger partial charge in [-0.05, 0) is 18.9 Å². The molecule has 0 bridgehead atoms. The van der Waals surface area contributed by atoms with Crippen LogP contribution in [0.15, 0.2) is 37.5 Å². The fraction of sp³-hybridized carbons (Fsp3) is 0.500. The van der Waals surface area contributed by atoms with Gasteiger partial charge in [0, 0.05) is 26.1 Å². The Kier molecular flexibility index (Phi) is 5.70. The SMILES string of the molecule is C=CCN(CC=C)[C@@H]1C=C[C@H](OC(C)=O)CC1. The van der Waals surface area contributed by atoms with E-state index in [1.54, 1.807) is 0 Å². The van der Waals surface area contributed by atoms with Crippen LogP contribution in [0.5, 0.6) is 0 Å². The van der Waals surface area contributed by atoms with Crippen LogP contribution in [0.2, 0.25) is 0 Å². The van der Waals surface area contributed by atoms with E-state index in [0.717, 1.165) is 25.9 Å². The Balaban J connectivity index is 2.54. The topological polar surface area (TPSA) is 29.5 Å². The van der Waals surface area contributed by atoms with Gasteiger partial charge in [-0.1, -0.05) is 18.2 Å². The van der Waals surface area contributed by atoms with Crippen molar-refractivity contribution in [1.82, 2.24) is 4.90 Å². The lowest BCUT2D eigenvalue weighted by molar-refractivity contribution is -0.144. The third kappa shape index (κ3) is 4.57. The lowest BCUT2D eigenvalue weighted by Gasteiger charge is -2.31. The molecule has 2 atom stereocenters. The van der Waals surface area contributed by atoms with Gasteiger partial charge >= 0.3 is 5.97 Å². The summed E-state index contributed by atoms with van der Waals surface area (Å²) in [6.45, 7) is 10.7. The highest BCUT2D eigenvalue weighted by molar-refractivity contribution is 5.66. The predicted octanol–water partition coefficient (Wildman–Crippen LogP) is 2.31. The summed E-state index contributed by atoms with van der Waals surface area (Å²) in [5, 5.41) is 0. The van der Waals surface area contributed by atoms with Crippen molar-refractivity contribution in [3.8, 4) is 0 Å². The molecular weight excluding hydrogens is 214 g/mol. The van der Waals surface area contributed by atoms with Gasteiger partial charge in [-0.25, -0.2) is 0 Å². The Morgan fingerprint density at radius 1 is 1.35 bits per heavy atom. The summed E-state index contributed by atoms with van der Waals surface area (Å²) in [5.41, 5.74) is 0. The number of nitrogens with zero attached hydrogens (tertiary/aromatic N) is 1. The number of rotatable bonds is 6. The average Bonchev–Trinajstić information content (AvgIpc) is 2.29. The molecule has 3 nitrogen and oxygen atoms in total. The predicted molar refractivity (Wildman–Crippen MR) is 69.7 cm³/mol. The van der Waals surface area contributed by atoms with E-state index in [-0.39, 0.29) is 12.1 Å². The second-order valence-corrected chi connectivity index (χ2v) is 4.21. The van der Waals surface area contributed by atoms with Crippen LogP contribution in [0.3, 0.4) is 0 Å². The monoisotopic (exact) mass is 235 g/mol. The van der Waals surface area contributed by atoms with E-state index in [1.807, 2.05) is 18.2 Å². The third-order valence-corrected chi connectivity index (χ3v) is 2.81. The van der Waals surface area contributed by atoms with Crippen molar-refractivity contribution in [1.29, 1.82) is 0 Å². The normalized spacial score (nSPS) is 23.4. The van der Waals surface area contributed by atoms with Crippen molar-refractivity contribution in [2.45, 2.75) is 31.9 Å². The van der Waals surface area contributed by atoms with Crippen molar-refractivity contribution in [2.24, 2.45) is 0 Å². The van der Waals surface area contributed by atoms with E-state index in [1.165, 1.54) is 6.92 Å². The van der Waals surface area contributed by atoms with Gasteiger partial charge in [0.15, 0.2) is 0 Å². The second kappa shape index (κ2) is 7.07. The van der Waals surface area contributed by atoms with Crippen LogP contribution < -0.4 is 0 Å². The van der Waals surface area contributed by atoms with E-state index >= 15 is 0 Å². The van der Waals surface area contributed by atoms with Crippen molar-refractivity contribution in [2.75, 3.05) is 13.1 Å². The fourth-order valence-electron chi connectivity index (χ4n) is 2.07. The summed E-state index contributed by atoms with van der Waals surface area (Å²) >= 11 is 0. The Morgan fingerprint density at radius 3 is 2.41 bits per heavy atom. The van der Waals surface area contributed by atoms with E-state index in [2.05, 4.69) is 24.1 Å². The van der Waals surface area contributed by atoms with Gasteiger partial charge in [0.2, 0.25) is 0 Å². The van der Waals surface area contributed by atoms with Gasteiger partial charge in [0.05, 0.1) is 0 Å². The van der Waals surface area contributed by atoms with Gasteiger partial charge in [0.1, 0.15) is 6.10 Å². The first-order valence-corrected chi connectivity index (χ1v) is 5.98. The molecule has 0 N–H and O–H groups in total. The first-order chi connectivity index (χ1) is 8.17. The zero-order valence-corrected chi connectivity index (χ0v) is 10.5. The number of esters is 1. The minimum absolute atomic E-state index is 0.0573. The molecule has 0 saturated carbocycles. The highest BCUT2D eigenvalue weighted by atomic mass is 16.5. The zero-order chi connectivity index (χ0) is 12.7. The Hall–Kier alpha value is -1.35. The molecule has 0 amide bonds. The van der Waals surface area contributed by atoms with Crippen LogP contribution in [0.1, 0.15) is 19.8 Å². The molecule has 0 aromatic carbocycles. The molecule has 0 aliphatic heterocycles. The van der Waals surface area contributed by atoms with Crippen molar-refractivity contribution >= 4 is 5.97 Å². The first-order valence-electron chi connectivity index (χ1n) is 5.98. The molecule has 1 aliphatic rings. The smallest absolute Gasteiger partial charge is 0.303 e. The van der Waals surface area contributed by atoms with Crippen LogP contribution in [-0.4, -0.2) is 36.1 Å². The van der Waals surface area contributed by atoms with E-state index in [0.29, 0.717) is 6.04 Å². The quantitative estimate of drug-likeness (QED) is 0.522. The van der Waals surface area contributed by atoms with Crippen LogP contribution >= 0.6 is 0 Å². The molecule has 0 saturated heterocycles. The minimum atomic E-state index is -0.216. The molecule has 0 unspecified atom stereocenters. The maximum absolute atomic E-state index is 10.8. The van der Waals surface area contributed by atoms with E-state index in [9.17, 15) is 4.79 Å². The summed E-state index contributed by atoms with van der Waals surface area (Å²) in [5.74, 6) is -0.216. The minimum Gasteiger partial charge on any atom is -0.458 e. The molecule has 0 radical (unpaired) electrons. The summed E-state index contributed by atoms with van der Waals surface area (Å²) in [6, 6.07) is 0.387. The molecule has 0 aromatic heterocycles. The number of hydrogen-bond acceptors (Lipinski definition) is 3. The van der Waals surface area contributed by atoms with Crippen LogP contribution in [0.25, 0.3) is 0 Å². The lowest BCUT2D eigenvalue weighted by Crippen LogP contribution is -2.37. The summed E-state index contributed by atoms with van der Waals surface area (Å²) in [4.78, 5) is 13.1. The first kappa shape index (κ1) is 13.7. The molecule has 0 spiro atoms. The van der Waals surface area contributed by atoms with Crippen molar-refractivity contribution < 1.29 is 9.53 Å². The highest BCUT2D eigenvalue weighted by Crippen LogP contribution is 2.19. The zero-order valence-electron chi connectivity index (χ0n) is 10.5.